The lowest BCUT2D eigenvalue weighted by Crippen LogP contribution is -2.38. The molecule has 0 spiro atoms. The summed E-state index contributed by atoms with van der Waals surface area (Å²) in [5.74, 6) is -4.15. The fourth-order valence-corrected chi connectivity index (χ4v) is 3.16. The largest absolute Gasteiger partial charge is 0.487 e. The molecular weight excluding hydrogens is 350 g/mol. The number of aromatic nitrogens is 2. The molecule has 1 aliphatic heterocycles. The molecule has 2 heterocycles. The predicted molar refractivity (Wildman–Crippen MR) is 86.6 cm³/mol. The summed E-state index contributed by atoms with van der Waals surface area (Å²) >= 11 is 0. The van der Waals surface area contributed by atoms with Gasteiger partial charge in [0, 0.05) is 38.4 Å². The molecule has 1 aromatic heterocycles. The molecule has 8 heteroatoms. The second-order valence-corrected chi connectivity index (χ2v) is 6.70. The fraction of sp³-hybridized carbons (Fsp3) is 0.444. The van der Waals surface area contributed by atoms with Gasteiger partial charge in [0.05, 0.1) is 24.0 Å². The number of nitrogens with zero attached hydrogens (tertiary/aromatic N) is 3. The van der Waals surface area contributed by atoms with Gasteiger partial charge in [-0.3, -0.25) is 4.98 Å². The first kappa shape index (κ1) is 17.1. The van der Waals surface area contributed by atoms with Crippen LogP contribution in [0.25, 0.3) is 0 Å². The molecular formula is C18H17F4N3O. The number of rotatable bonds is 4. The summed E-state index contributed by atoms with van der Waals surface area (Å²) in [6.07, 6.45) is 3.87. The zero-order valence-electron chi connectivity index (χ0n) is 13.8. The zero-order chi connectivity index (χ0) is 18.3. The van der Waals surface area contributed by atoms with E-state index in [4.69, 9.17) is 4.74 Å². The highest BCUT2D eigenvalue weighted by molar-refractivity contribution is 5.37. The molecule has 2 aliphatic rings. The summed E-state index contributed by atoms with van der Waals surface area (Å²) in [4.78, 5) is 10.4. The van der Waals surface area contributed by atoms with Gasteiger partial charge < -0.3 is 9.64 Å². The van der Waals surface area contributed by atoms with Crippen LogP contribution in [0.1, 0.15) is 30.9 Å². The van der Waals surface area contributed by atoms with Crippen molar-refractivity contribution in [3.63, 3.8) is 0 Å². The molecule has 1 unspecified atom stereocenters. The van der Waals surface area contributed by atoms with Crippen molar-refractivity contribution in [2.45, 2.75) is 37.2 Å². The average Bonchev–Trinajstić information content (AvgIpc) is 3.27. The van der Waals surface area contributed by atoms with Crippen LogP contribution in [-0.2, 0) is 0 Å². The van der Waals surface area contributed by atoms with E-state index in [1.165, 1.54) is 18.5 Å². The number of halogens is 4. The van der Waals surface area contributed by atoms with Crippen LogP contribution in [0, 0.1) is 11.6 Å². The van der Waals surface area contributed by atoms with Crippen molar-refractivity contribution in [2.75, 3.05) is 18.0 Å². The van der Waals surface area contributed by atoms with Crippen molar-refractivity contribution in [2.24, 2.45) is 0 Å². The molecule has 138 valence electrons. The summed E-state index contributed by atoms with van der Waals surface area (Å²) in [5, 5.41) is 0. The Morgan fingerprint density at radius 1 is 1.08 bits per heavy atom. The third-order valence-electron chi connectivity index (χ3n) is 4.79. The Morgan fingerprint density at radius 3 is 2.38 bits per heavy atom. The predicted octanol–water partition coefficient (Wildman–Crippen LogP) is 3.93. The number of anilines is 1. The Kier molecular flexibility index (Phi) is 4.20. The van der Waals surface area contributed by atoms with Crippen LogP contribution in [0.4, 0.5) is 23.4 Å². The van der Waals surface area contributed by atoms with E-state index in [9.17, 15) is 17.6 Å². The summed E-state index contributed by atoms with van der Waals surface area (Å²) in [6, 6.07) is 3.24. The molecule has 4 nitrogen and oxygen atoms in total. The maximum absolute atomic E-state index is 13.7. The van der Waals surface area contributed by atoms with Crippen molar-refractivity contribution in [3.8, 4) is 5.75 Å². The lowest BCUT2D eigenvalue weighted by Gasteiger charge is -2.32. The van der Waals surface area contributed by atoms with E-state index in [2.05, 4.69) is 9.97 Å². The number of alkyl halides is 2. The van der Waals surface area contributed by atoms with Crippen LogP contribution in [0.5, 0.6) is 5.75 Å². The van der Waals surface area contributed by atoms with Crippen LogP contribution >= 0.6 is 0 Å². The molecule has 2 fully saturated rings. The molecule has 0 N–H and O–H groups in total. The molecule has 1 saturated heterocycles. The van der Waals surface area contributed by atoms with Gasteiger partial charge in [-0.1, -0.05) is 0 Å². The van der Waals surface area contributed by atoms with Gasteiger partial charge in [0.1, 0.15) is 17.7 Å². The van der Waals surface area contributed by atoms with E-state index < -0.39 is 23.5 Å². The Labute approximate surface area is 147 Å². The quantitative estimate of drug-likeness (QED) is 0.768. The van der Waals surface area contributed by atoms with Gasteiger partial charge in [0.15, 0.2) is 11.6 Å². The van der Waals surface area contributed by atoms with Gasteiger partial charge >= 0.3 is 0 Å². The zero-order valence-corrected chi connectivity index (χ0v) is 13.8. The van der Waals surface area contributed by atoms with Gasteiger partial charge in [0.25, 0.3) is 5.92 Å². The van der Waals surface area contributed by atoms with Crippen molar-refractivity contribution in [1.29, 1.82) is 0 Å². The minimum absolute atomic E-state index is 0.0411. The Morgan fingerprint density at radius 2 is 1.81 bits per heavy atom. The van der Waals surface area contributed by atoms with Crippen molar-refractivity contribution in [3.05, 3.63) is 47.9 Å². The molecule has 2 aromatic rings. The Bertz CT molecular complexity index is 792. The minimum atomic E-state index is -2.65. The first-order valence-electron chi connectivity index (χ1n) is 8.49. The summed E-state index contributed by atoms with van der Waals surface area (Å²) in [7, 11) is 0. The number of hydrogen-bond donors (Lipinski definition) is 0. The van der Waals surface area contributed by atoms with Crippen LogP contribution in [0.15, 0.2) is 30.6 Å². The van der Waals surface area contributed by atoms with Crippen LogP contribution < -0.4 is 9.64 Å². The molecule has 0 bridgehead atoms. The monoisotopic (exact) mass is 367 g/mol. The van der Waals surface area contributed by atoms with Gasteiger partial charge in [-0.15, -0.1) is 0 Å². The van der Waals surface area contributed by atoms with Crippen LogP contribution in [-0.4, -0.2) is 35.1 Å². The van der Waals surface area contributed by atoms with Crippen molar-refractivity contribution < 1.29 is 22.3 Å². The third-order valence-corrected chi connectivity index (χ3v) is 4.79. The molecule has 26 heavy (non-hydrogen) atoms. The number of piperidine rings is 1. The lowest BCUT2D eigenvalue weighted by atomic mass is 10.1. The van der Waals surface area contributed by atoms with Gasteiger partial charge in [0.2, 0.25) is 0 Å². The van der Waals surface area contributed by atoms with Gasteiger partial charge in [-0.05, 0) is 12.1 Å². The molecule has 4 rings (SSSR count). The Balaban J connectivity index is 1.33. The van der Waals surface area contributed by atoms with E-state index in [-0.39, 0.29) is 18.3 Å². The van der Waals surface area contributed by atoms with Gasteiger partial charge in [-0.2, -0.15) is 0 Å². The normalized spacial score (nSPS) is 22.3. The fourth-order valence-electron chi connectivity index (χ4n) is 3.16. The SMILES string of the molecule is Fc1ccc(OC2CCN(c3cnc(C4CC4(F)F)cn3)CC2)c(F)c1. The van der Waals surface area contributed by atoms with E-state index >= 15 is 0 Å². The molecule has 0 amide bonds. The Hall–Kier alpha value is -2.38. The van der Waals surface area contributed by atoms with E-state index in [1.807, 2.05) is 4.90 Å². The number of ether oxygens (including phenoxy) is 1. The first-order chi connectivity index (χ1) is 12.4. The average molecular weight is 367 g/mol. The molecule has 0 radical (unpaired) electrons. The lowest BCUT2D eigenvalue weighted by molar-refractivity contribution is 0.111. The summed E-state index contributed by atoms with van der Waals surface area (Å²) in [5.41, 5.74) is 0.323. The highest BCUT2D eigenvalue weighted by atomic mass is 19.3. The molecule has 1 aromatic carbocycles. The van der Waals surface area contributed by atoms with Crippen LogP contribution in [0.2, 0.25) is 0 Å². The maximum Gasteiger partial charge on any atom is 0.257 e. The standard InChI is InChI=1S/C18H17F4N3O/c19-11-1-2-16(14(20)7-11)26-12-3-5-25(6-4-12)17-10-23-15(9-24-17)13-8-18(13,21)22/h1-2,7,9-10,12-13H,3-6,8H2. The number of benzene rings is 1. The maximum atomic E-state index is 13.7. The van der Waals surface area contributed by atoms with E-state index in [0.29, 0.717) is 37.4 Å². The van der Waals surface area contributed by atoms with Crippen molar-refractivity contribution >= 4 is 5.82 Å². The van der Waals surface area contributed by atoms with Crippen molar-refractivity contribution in [1.82, 2.24) is 9.97 Å². The van der Waals surface area contributed by atoms with Gasteiger partial charge in [-0.25, -0.2) is 22.5 Å². The van der Waals surface area contributed by atoms with Crippen LogP contribution in [0.3, 0.4) is 0 Å². The van der Waals surface area contributed by atoms with E-state index in [1.54, 1.807) is 0 Å². The highest BCUT2D eigenvalue weighted by Gasteiger charge is 2.58. The summed E-state index contributed by atoms with van der Waals surface area (Å²) < 4.78 is 58.4. The molecule has 1 atom stereocenters. The van der Waals surface area contributed by atoms with E-state index in [0.717, 1.165) is 12.1 Å². The second kappa shape index (κ2) is 6.41. The summed E-state index contributed by atoms with van der Waals surface area (Å²) in [6.45, 7) is 1.25. The topological polar surface area (TPSA) is 38.2 Å². The molecule has 1 saturated carbocycles. The number of hydrogen-bond acceptors (Lipinski definition) is 4. The molecule has 1 aliphatic carbocycles. The smallest absolute Gasteiger partial charge is 0.257 e. The highest BCUT2D eigenvalue weighted by Crippen LogP contribution is 2.54. The second-order valence-electron chi connectivity index (χ2n) is 6.70. The first-order valence-corrected chi connectivity index (χ1v) is 8.49. The third kappa shape index (κ3) is 3.45. The minimum Gasteiger partial charge on any atom is -0.487 e.